The van der Waals surface area contributed by atoms with Gasteiger partial charge in [-0.2, -0.15) is 10.2 Å². The van der Waals surface area contributed by atoms with Gasteiger partial charge in [0, 0.05) is 29.1 Å². The Kier molecular flexibility index (Phi) is 5.64. The predicted molar refractivity (Wildman–Crippen MR) is 123 cm³/mol. The van der Waals surface area contributed by atoms with Crippen molar-refractivity contribution in [3.63, 3.8) is 0 Å². The van der Waals surface area contributed by atoms with Crippen molar-refractivity contribution in [1.29, 1.82) is 0 Å². The van der Waals surface area contributed by atoms with Crippen LogP contribution >= 0.6 is 11.6 Å². The minimum atomic E-state index is -0.484. The second-order valence-electron chi connectivity index (χ2n) is 7.60. The summed E-state index contributed by atoms with van der Waals surface area (Å²) in [5, 5.41) is 21.9. The van der Waals surface area contributed by atoms with Crippen LogP contribution in [-0.4, -0.2) is 36.3 Å². The van der Waals surface area contributed by atoms with E-state index >= 15 is 0 Å². The van der Waals surface area contributed by atoms with Crippen LogP contribution in [0.25, 0.3) is 11.4 Å². The lowest BCUT2D eigenvalue weighted by molar-refractivity contribution is -0.384. The summed E-state index contributed by atoms with van der Waals surface area (Å²) in [6, 6.07) is 16.5. The molecule has 0 saturated carbocycles. The number of nitrogens with zero attached hydrogens (tertiary/aromatic N) is 6. The van der Waals surface area contributed by atoms with Crippen molar-refractivity contribution in [3.05, 3.63) is 99.7 Å². The third kappa shape index (κ3) is 4.30. The molecule has 34 heavy (non-hydrogen) atoms. The van der Waals surface area contributed by atoms with Crippen LogP contribution < -0.4 is 0 Å². The highest BCUT2D eigenvalue weighted by atomic mass is 35.5. The molecule has 2 aromatic heterocycles. The van der Waals surface area contributed by atoms with E-state index in [1.54, 1.807) is 42.7 Å². The zero-order valence-corrected chi connectivity index (χ0v) is 18.4. The maximum Gasteiger partial charge on any atom is 0.270 e. The number of benzene rings is 2. The largest absolute Gasteiger partial charge is 0.467 e. The number of rotatable bonds is 6. The number of hydrogen-bond acceptors (Lipinski definition) is 7. The zero-order valence-electron chi connectivity index (χ0n) is 17.6. The Morgan fingerprint density at radius 2 is 1.97 bits per heavy atom. The Bertz CT molecular complexity index is 1380. The van der Waals surface area contributed by atoms with Gasteiger partial charge in [-0.1, -0.05) is 35.9 Å². The molecule has 4 aromatic rings. The van der Waals surface area contributed by atoms with Crippen LogP contribution in [0.3, 0.4) is 0 Å². The third-order valence-electron chi connectivity index (χ3n) is 5.36. The molecule has 10 nitrogen and oxygen atoms in total. The molecule has 1 aliphatic heterocycles. The van der Waals surface area contributed by atoms with Crippen molar-refractivity contribution in [2.45, 2.75) is 19.0 Å². The van der Waals surface area contributed by atoms with Crippen molar-refractivity contribution in [2.24, 2.45) is 5.10 Å². The second kappa shape index (κ2) is 8.91. The van der Waals surface area contributed by atoms with Crippen molar-refractivity contribution in [1.82, 2.24) is 19.8 Å². The maximum atomic E-state index is 13.2. The third-order valence-corrected chi connectivity index (χ3v) is 5.62. The summed E-state index contributed by atoms with van der Waals surface area (Å²) in [5.41, 5.74) is 2.03. The number of amides is 1. The number of carbonyl (C=O) groups excluding carboxylic acids is 1. The number of furan rings is 1. The molecule has 0 fully saturated rings. The fraction of sp³-hybridized carbons (Fsp3) is 0.130. The van der Waals surface area contributed by atoms with Crippen molar-refractivity contribution < 1.29 is 14.1 Å². The molecule has 0 bridgehead atoms. The lowest BCUT2D eigenvalue weighted by Crippen LogP contribution is -2.30. The molecule has 5 rings (SSSR count). The summed E-state index contributed by atoms with van der Waals surface area (Å²) in [4.78, 5) is 28.0. The van der Waals surface area contributed by atoms with E-state index in [0.717, 1.165) is 11.3 Å². The quantitative estimate of drug-likeness (QED) is 0.299. The lowest BCUT2D eigenvalue weighted by Gasteiger charge is -2.19. The van der Waals surface area contributed by atoms with Gasteiger partial charge < -0.3 is 4.42 Å². The Balaban J connectivity index is 1.38. The number of carbonyl (C=O) groups is 1. The average Bonchev–Trinajstić information content (AvgIpc) is 3.60. The number of aromatic nitrogens is 3. The van der Waals surface area contributed by atoms with Crippen LogP contribution in [-0.2, 0) is 11.3 Å². The summed E-state index contributed by atoms with van der Waals surface area (Å²) < 4.78 is 6.95. The molecule has 170 valence electrons. The highest BCUT2D eigenvalue weighted by Crippen LogP contribution is 2.33. The summed E-state index contributed by atoms with van der Waals surface area (Å²) in [6.07, 6.45) is 3.45. The van der Waals surface area contributed by atoms with Crippen LogP contribution in [0.2, 0.25) is 5.02 Å². The van der Waals surface area contributed by atoms with Crippen molar-refractivity contribution in [2.75, 3.05) is 0 Å². The molecule has 11 heteroatoms. The first-order valence-corrected chi connectivity index (χ1v) is 10.7. The number of nitro groups is 1. The summed E-state index contributed by atoms with van der Waals surface area (Å²) >= 11 is 6.00. The fourth-order valence-electron chi connectivity index (χ4n) is 3.73. The maximum absolute atomic E-state index is 13.2. The van der Waals surface area contributed by atoms with Gasteiger partial charge >= 0.3 is 0 Å². The number of hydrogen-bond donors (Lipinski definition) is 0. The van der Waals surface area contributed by atoms with Gasteiger partial charge in [0.25, 0.3) is 11.6 Å². The standard InChI is InChI=1S/C23H17ClN6O4/c24-17-8-6-15(7-9-17)19-12-20(21-5-2-10-34-21)29(26-19)22(31)13-28-14-25-23(27-28)16-3-1-4-18(11-16)30(32)33/h1-11,14,20H,12-13H2. The van der Waals surface area contributed by atoms with Gasteiger partial charge in [0.15, 0.2) is 5.82 Å². The minimum absolute atomic E-state index is 0.0626. The summed E-state index contributed by atoms with van der Waals surface area (Å²) in [5.74, 6) is 0.601. The first kappa shape index (κ1) is 21.5. The first-order valence-electron chi connectivity index (χ1n) is 10.3. The molecule has 0 spiro atoms. The lowest BCUT2D eigenvalue weighted by atomic mass is 10.0. The van der Waals surface area contributed by atoms with E-state index in [1.807, 2.05) is 12.1 Å². The highest BCUT2D eigenvalue weighted by Gasteiger charge is 2.35. The number of nitro benzene ring substituents is 1. The van der Waals surface area contributed by atoms with Crippen molar-refractivity contribution in [3.8, 4) is 11.4 Å². The van der Waals surface area contributed by atoms with Crippen LogP contribution in [0.1, 0.15) is 23.8 Å². The topological polar surface area (TPSA) is 120 Å². The average molecular weight is 477 g/mol. The predicted octanol–water partition coefficient (Wildman–Crippen LogP) is 4.48. The monoisotopic (exact) mass is 476 g/mol. The summed E-state index contributed by atoms with van der Waals surface area (Å²) in [6.45, 7) is -0.115. The Morgan fingerprint density at radius 1 is 1.15 bits per heavy atom. The molecule has 0 N–H and O–H groups in total. The molecule has 1 aliphatic rings. The molecule has 0 saturated heterocycles. The van der Waals surface area contributed by atoms with E-state index < -0.39 is 11.0 Å². The number of non-ortho nitro benzene ring substituents is 1. The van der Waals surface area contributed by atoms with Crippen LogP contribution in [0, 0.1) is 10.1 Å². The van der Waals surface area contributed by atoms with E-state index in [0.29, 0.717) is 22.8 Å². The number of halogens is 1. The molecule has 3 heterocycles. The van der Waals surface area contributed by atoms with Gasteiger partial charge in [-0.3, -0.25) is 14.9 Å². The van der Waals surface area contributed by atoms with Crippen LogP contribution in [0.15, 0.2) is 82.8 Å². The Morgan fingerprint density at radius 3 is 2.71 bits per heavy atom. The molecule has 0 aliphatic carbocycles. The van der Waals surface area contributed by atoms with E-state index in [4.69, 9.17) is 16.0 Å². The zero-order chi connectivity index (χ0) is 23.7. The summed E-state index contributed by atoms with van der Waals surface area (Å²) in [7, 11) is 0. The Hall–Kier alpha value is -4.31. The van der Waals surface area contributed by atoms with E-state index in [9.17, 15) is 14.9 Å². The second-order valence-corrected chi connectivity index (χ2v) is 8.04. The van der Waals surface area contributed by atoms with Crippen LogP contribution in [0.5, 0.6) is 0 Å². The van der Waals surface area contributed by atoms with Gasteiger partial charge in [-0.05, 0) is 29.8 Å². The fourth-order valence-corrected chi connectivity index (χ4v) is 3.86. The molecule has 1 amide bonds. The molecular weight excluding hydrogens is 460 g/mol. The minimum Gasteiger partial charge on any atom is -0.467 e. The SMILES string of the molecule is O=C(Cn1cnc(-c2cccc([N+](=O)[O-])c2)n1)N1N=C(c2ccc(Cl)cc2)CC1c1ccco1. The van der Waals surface area contributed by atoms with E-state index in [2.05, 4.69) is 15.2 Å². The first-order chi connectivity index (χ1) is 16.5. The highest BCUT2D eigenvalue weighted by molar-refractivity contribution is 6.30. The van der Waals surface area contributed by atoms with Gasteiger partial charge in [0.1, 0.15) is 24.7 Å². The van der Waals surface area contributed by atoms with Gasteiger partial charge in [-0.25, -0.2) is 14.7 Å². The smallest absolute Gasteiger partial charge is 0.270 e. The van der Waals surface area contributed by atoms with Gasteiger partial charge in [0.2, 0.25) is 0 Å². The Labute approximate surface area is 198 Å². The number of hydrazone groups is 1. The molecular formula is C23H17ClN6O4. The van der Waals surface area contributed by atoms with E-state index in [1.165, 1.54) is 28.2 Å². The molecule has 1 atom stereocenters. The normalized spacial score (nSPS) is 15.4. The van der Waals surface area contributed by atoms with E-state index in [-0.39, 0.29) is 24.0 Å². The van der Waals surface area contributed by atoms with Crippen molar-refractivity contribution >= 4 is 28.9 Å². The van der Waals surface area contributed by atoms with Gasteiger partial charge in [0.05, 0.1) is 16.9 Å². The van der Waals surface area contributed by atoms with Gasteiger partial charge in [-0.15, -0.1) is 0 Å². The molecule has 2 aromatic carbocycles. The molecule has 1 unspecified atom stereocenters. The molecule has 0 radical (unpaired) electrons. The van der Waals surface area contributed by atoms with Crippen LogP contribution in [0.4, 0.5) is 5.69 Å².